The van der Waals surface area contributed by atoms with E-state index in [-0.39, 0.29) is 5.97 Å². The average molecular weight is 511 g/mol. The summed E-state index contributed by atoms with van der Waals surface area (Å²) in [7, 11) is 6.32. The molecule has 7 heteroatoms. The fourth-order valence-electron chi connectivity index (χ4n) is 3.56. The first-order chi connectivity index (χ1) is 18.1. The molecule has 0 amide bonds. The molecular formula is C30H42N2O5. The first-order valence-corrected chi connectivity index (χ1v) is 12.6. The molecule has 0 saturated carbocycles. The zero-order chi connectivity index (χ0) is 27.6. The van der Waals surface area contributed by atoms with Crippen molar-refractivity contribution >= 4 is 11.7 Å². The van der Waals surface area contributed by atoms with Gasteiger partial charge in [0.2, 0.25) is 0 Å². The topological polar surface area (TPSA) is 78.1 Å². The third kappa shape index (κ3) is 9.35. The van der Waals surface area contributed by atoms with E-state index in [0.29, 0.717) is 25.2 Å². The van der Waals surface area contributed by atoms with Gasteiger partial charge in [-0.2, -0.15) is 0 Å². The molecule has 7 nitrogen and oxygen atoms in total. The van der Waals surface area contributed by atoms with Crippen LogP contribution in [0, 0.1) is 0 Å². The van der Waals surface area contributed by atoms with Gasteiger partial charge in [-0.25, -0.2) is 4.79 Å². The first kappa shape index (κ1) is 31.3. The largest absolute Gasteiger partial charge is 0.497 e. The molecule has 3 aromatic rings. The van der Waals surface area contributed by atoms with Crippen LogP contribution >= 0.6 is 0 Å². The molecule has 0 fully saturated rings. The molecule has 0 bridgehead atoms. The van der Waals surface area contributed by atoms with Gasteiger partial charge in [-0.3, -0.25) is 0 Å². The quantitative estimate of drug-likeness (QED) is 0.287. The molecule has 3 aromatic carbocycles. The maximum Gasteiger partial charge on any atom is 0.337 e. The molecule has 0 heterocycles. The summed E-state index contributed by atoms with van der Waals surface area (Å²) in [5, 5.41) is 6.86. The standard InChI is InChI=1S/C26H30N2O5.2C2H6/c1-30-22-12-11-20(24(14-22)31-2)16-27-17-21-9-6-10-23(25(21)32-3)28-15-18-7-5-8-19(13-18)26(29)33-4;2*1-2/h5-14,27-28H,15-17H2,1-4H3;2*1-2H3. The summed E-state index contributed by atoms with van der Waals surface area (Å²) >= 11 is 0. The minimum atomic E-state index is -0.351. The lowest BCUT2D eigenvalue weighted by molar-refractivity contribution is 0.0600. The Morgan fingerprint density at radius 2 is 1.43 bits per heavy atom. The predicted molar refractivity (Wildman–Crippen MR) is 151 cm³/mol. The van der Waals surface area contributed by atoms with Crippen LogP contribution in [0.1, 0.15) is 54.7 Å². The van der Waals surface area contributed by atoms with E-state index in [4.69, 9.17) is 18.9 Å². The van der Waals surface area contributed by atoms with E-state index in [1.54, 1.807) is 27.4 Å². The molecule has 0 radical (unpaired) electrons. The van der Waals surface area contributed by atoms with Gasteiger partial charge in [0.15, 0.2) is 0 Å². The number of hydrogen-bond acceptors (Lipinski definition) is 7. The smallest absolute Gasteiger partial charge is 0.337 e. The Kier molecular flexibility index (Phi) is 15.0. The molecule has 0 atom stereocenters. The van der Waals surface area contributed by atoms with E-state index in [9.17, 15) is 4.79 Å². The number of carbonyl (C=O) groups is 1. The van der Waals surface area contributed by atoms with Crippen molar-refractivity contribution < 1.29 is 23.7 Å². The van der Waals surface area contributed by atoms with Crippen molar-refractivity contribution in [3.05, 3.63) is 82.9 Å². The molecule has 0 aliphatic rings. The Hall–Kier alpha value is -3.71. The Morgan fingerprint density at radius 1 is 0.730 bits per heavy atom. The van der Waals surface area contributed by atoms with E-state index in [1.165, 1.54) is 7.11 Å². The van der Waals surface area contributed by atoms with Crippen molar-refractivity contribution in [1.29, 1.82) is 0 Å². The van der Waals surface area contributed by atoms with Gasteiger partial charge in [-0.15, -0.1) is 0 Å². The Labute approximate surface area is 222 Å². The minimum Gasteiger partial charge on any atom is -0.497 e. The first-order valence-electron chi connectivity index (χ1n) is 12.6. The maximum atomic E-state index is 11.8. The van der Waals surface area contributed by atoms with Crippen molar-refractivity contribution in [3.63, 3.8) is 0 Å². The summed E-state index contributed by atoms with van der Waals surface area (Å²) in [4.78, 5) is 11.8. The van der Waals surface area contributed by atoms with E-state index in [0.717, 1.165) is 39.6 Å². The molecular weight excluding hydrogens is 468 g/mol. The SMILES string of the molecule is CC.CC.COC(=O)c1cccc(CNc2cccc(CNCc3ccc(OC)cc3OC)c2OC)c1. The minimum absolute atomic E-state index is 0.351. The van der Waals surface area contributed by atoms with Crippen LogP contribution < -0.4 is 24.8 Å². The molecule has 202 valence electrons. The van der Waals surface area contributed by atoms with Crippen LogP contribution in [-0.2, 0) is 24.4 Å². The third-order valence-corrected chi connectivity index (χ3v) is 5.26. The van der Waals surface area contributed by atoms with Crippen molar-refractivity contribution in [1.82, 2.24) is 5.32 Å². The summed E-state index contributed by atoms with van der Waals surface area (Å²) in [5.74, 6) is 1.96. The summed E-state index contributed by atoms with van der Waals surface area (Å²) in [6, 6.07) is 19.1. The Morgan fingerprint density at radius 3 is 2.08 bits per heavy atom. The summed E-state index contributed by atoms with van der Waals surface area (Å²) in [6.07, 6.45) is 0. The number of hydrogen-bond donors (Lipinski definition) is 2. The predicted octanol–water partition coefficient (Wildman–Crippen LogP) is 6.45. The number of anilines is 1. The normalized spacial score (nSPS) is 9.62. The van der Waals surface area contributed by atoms with Crippen molar-refractivity contribution in [2.45, 2.75) is 47.3 Å². The lowest BCUT2D eigenvalue weighted by Crippen LogP contribution is -2.14. The fraction of sp³-hybridized carbons (Fsp3) is 0.367. The highest BCUT2D eigenvalue weighted by Gasteiger charge is 2.11. The molecule has 0 unspecified atom stereocenters. The van der Waals surface area contributed by atoms with Crippen LogP contribution in [0.2, 0.25) is 0 Å². The van der Waals surface area contributed by atoms with Gasteiger partial charge in [0.1, 0.15) is 17.2 Å². The van der Waals surface area contributed by atoms with E-state index in [1.807, 2.05) is 82.3 Å². The zero-order valence-corrected chi connectivity index (χ0v) is 23.4. The number of carbonyl (C=O) groups excluding carboxylic acids is 1. The summed E-state index contributed by atoms with van der Waals surface area (Å²) < 4.78 is 21.2. The molecule has 0 saturated heterocycles. The number of benzene rings is 3. The van der Waals surface area contributed by atoms with Gasteiger partial charge in [0.05, 0.1) is 39.7 Å². The maximum absolute atomic E-state index is 11.8. The van der Waals surface area contributed by atoms with E-state index >= 15 is 0 Å². The number of methoxy groups -OCH3 is 4. The van der Waals surface area contributed by atoms with Crippen LogP contribution in [0.4, 0.5) is 5.69 Å². The summed E-state index contributed by atoms with van der Waals surface area (Å²) in [6.45, 7) is 9.79. The van der Waals surface area contributed by atoms with Gasteiger partial charge < -0.3 is 29.6 Å². The number of esters is 1. The van der Waals surface area contributed by atoms with Crippen molar-refractivity contribution in [2.75, 3.05) is 33.8 Å². The van der Waals surface area contributed by atoms with Crippen molar-refractivity contribution in [3.8, 4) is 17.2 Å². The van der Waals surface area contributed by atoms with Gasteiger partial charge in [0.25, 0.3) is 0 Å². The molecule has 0 spiro atoms. The van der Waals surface area contributed by atoms with Crippen LogP contribution in [0.5, 0.6) is 17.2 Å². The number of nitrogens with one attached hydrogen (secondary N) is 2. The highest BCUT2D eigenvalue weighted by atomic mass is 16.5. The Bertz CT molecular complexity index is 1090. The van der Waals surface area contributed by atoms with Crippen LogP contribution in [0.25, 0.3) is 0 Å². The molecule has 2 N–H and O–H groups in total. The molecule has 37 heavy (non-hydrogen) atoms. The number of para-hydroxylation sites is 1. The second-order valence-corrected chi connectivity index (χ2v) is 7.32. The van der Waals surface area contributed by atoms with Crippen LogP contribution in [0.3, 0.4) is 0 Å². The highest BCUT2D eigenvalue weighted by molar-refractivity contribution is 5.89. The third-order valence-electron chi connectivity index (χ3n) is 5.26. The lowest BCUT2D eigenvalue weighted by Gasteiger charge is -2.16. The Balaban J connectivity index is 0.00000163. The van der Waals surface area contributed by atoms with Gasteiger partial charge in [0, 0.05) is 36.8 Å². The lowest BCUT2D eigenvalue weighted by atomic mass is 10.1. The van der Waals surface area contributed by atoms with E-state index < -0.39 is 0 Å². The molecule has 0 aromatic heterocycles. The summed E-state index contributed by atoms with van der Waals surface area (Å²) in [5.41, 5.74) is 4.43. The second-order valence-electron chi connectivity index (χ2n) is 7.32. The van der Waals surface area contributed by atoms with E-state index in [2.05, 4.69) is 10.6 Å². The van der Waals surface area contributed by atoms with Gasteiger partial charge in [-0.1, -0.05) is 58.0 Å². The molecule has 0 aliphatic heterocycles. The monoisotopic (exact) mass is 510 g/mol. The number of ether oxygens (including phenoxy) is 4. The molecule has 0 aliphatic carbocycles. The second kappa shape index (κ2) is 17.7. The average Bonchev–Trinajstić information content (AvgIpc) is 2.97. The zero-order valence-electron chi connectivity index (χ0n) is 23.4. The van der Waals surface area contributed by atoms with Gasteiger partial charge >= 0.3 is 5.97 Å². The molecule has 3 rings (SSSR count). The van der Waals surface area contributed by atoms with Crippen LogP contribution in [-0.4, -0.2) is 34.4 Å². The highest BCUT2D eigenvalue weighted by Crippen LogP contribution is 2.30. The van der Waals surface area contributed by atoms with Crippen LogP contribution in [0.15, 0.2) is 60.7 Å². The fourth-order valence-corrected chi connectivity index (χ4v) is 3.56. The van der Waals surface area contributed by atoms with Gasteiger partial charge in [-0.05, 0) is 29.8 Å². The number of rotatable bonds is 11. The van der Waals surface area contributed by atoms with Crippen molar-refractivity contribution in [2.24, 2.45) is 0 Å².